The number of carbonyl (C=O) groups excluding carboxylic acids is 1. The zero-order chi connectivity index (χ0) is 13.0. The lowest BCUT2D eigenvalue weighted by molar-refractivity contribution is -0.116. The molecule has 0 aliphatic carbocycles. The van der Waals surface area contributed by atoms with Crippen molar-refractivity contribution in [3.63, 3.8) is 0 Å². The summed E-state index contributed by atoms with van der Waals surface area (Å²) in [5, 5.41) is 2.72. The van der Waals surface area contributed by atoms with Gasteiger partial charge in [-0.05, 0) is 24.3 Å². The number of aromatic nitrogens is 2. The minimum atomic E-state index is -0.199. The van der Waals surface area contributed by atoms with Gasteiger partial charge in [0.1, 0.15) is 0 Å². The summed E-state index contributed by atoms with van der Waals surface area (Å²) in [4.78, 5) is 25.3. The number of H-pyrrole nitrogens is 1. The van der Waals surface area contributed by atoms with Crippen LogP contribution >= 0.6 is 0 Å². The van der Waals surface area contributed by atoms with Gasteiger partial charge in [-0.25, -0.2) is 4.79 Å². The van der Waals surface area contributed by atoms with E-state index in [9.17, 15) is 9.59 Å². The highest BCUT2D eigenvalue weighted by Crippen LogP contribution is 2.11. The van der Waals surface area contributed by atoms with Crippen LogP contribution in [-0.2, 0) is 4.79 Å². The number of nitrogens with two attached hydrogens (primary N) is 1. The van der Waals surface area contributed by atoms with E-state index in [1.54, 1.807) is 36.7 Å². The number of aromatic amines is 1. The van der Waals surface area contributed by atoms with E-state index < -0.39 is 0 Å². The largest absolute Gasteiger partial charge is 0.330 e. The second-order valence-corrected chi connectivity index (χ2v) is 3.77. The number of hydrogen-bond acceptors (Lipinski definition) is 3. The van der Waals surface area contributed by atoms with Gasteiger partial charge < -0.3 is 16.0 Å². The van der Waals surface area contributed by atoms with Crippen LogP contribution in [0, 0.1) is 0 Å². The standard InChI is InChI=1S/C12H14N4O2/c13-6-5-11(17)15-9-1-3-10(4-2-9)16-8-7-14-12(16)18/h1-4,7-8H,5-6,13H2,(H,14,18)(H,15,17). The first-order chi connectivity index (χ1) is 8.70. The zero-order valence-electron chi connectivity index (χ0n) is 9.72. The number of amides is 1. The van der Waals surface area contributed by atoms with Gasteiger partial charge in [-0.1, -0.05) is 0 Å². The Balaban J connectivity index is 2.13. The molecule has 0 saturated carbocycles. The number of nitrogens with one attached hydrogen (secondary N) is 2. The van der Waals surface area contributed by atoms with E-state index in [1.807, 2.05) is 0 Å². The molecule has 2 rings (SSSR count). The lowest BCUT2D eigenvalue weighted by Crippen LogP contribution is -2.16. The fraction of sp³-hybridized carbons (Fsp3) is 0.167. The highest BCUT2D eigenvalue weighted by atomic mass is 16.2. The molecule has 94 valence electrons. The Morgan fingerprint density at radius 1 is 1.33 bits per heavy atom. The number of benzene rings is 1. The maximum absolute atomic E-state index is 11.4. The second kappa shape index (κ2) is 5.33. The van der Waals surface area contributed by atoms with Crippen LogP contribution < -0.4 is 16.7 Å². The van der Waals surface area contributed by atoms with Crippen molar-refractivity contribution in [3.8, 4) is 5.69 Å². The monoisotopic (exact) mass is 246 g/mol. The number of rotatable bonds is 4. The van der Waals surface area contributed by atoms with Gasteiger partial charge in [0, 0.05) is 31.0 Å². The van der Waals surface area contributed by atoms with Gasteiger partial charge in [0.15, 0.2) is 0 Å². The number of carbonyl (C=O) groups is 1. The van der Waals surface area contributed by atoms with Crippen LogP contribution in [0.5, 0.6) is 0 Å². The van der Waals surface area contributed by atoms with Gasteiger partial charge in [-0.15, -0.1) is 0 Å². The first-order valence-electron chi connectivity index (χ1n) is 5.57. The molecule has 0 bridgehead atoms. The Kier molecular flexibility index (Phi) is 3.59. The van der Waals surface area contributed by atoms with Crippen LogP contribution in [0.2, 0.25) is 0 Å². The highest BCUT2D eigenvalue weighted by molar-refractivity contribution is 5.90. The van der Waals surface area contributed by atoms with E-state index >= 15 is 0 Å². The Hall–Kier alpha value is -2.34. The Bertz CT molecular complexity index is 583. The lowest BCUT2D eigenvalue weighted by Gasteiger charge is -2.06. The summed E-state index contributed by atoms with van der Waals surface area (Å²) in [6, 6.07) is 6.99. The normalized spacial score (nSPS) is 10.3. The number of hydrogen-bond donors (Lipinski definition) is 3. The Labute approximate surface area is 103 Å². The quantitative estimate of drug-likeness (QED) is 0.731. The third-order valence-electron chi connectivity index (χ3n) is 2.45. The van der Waals surface area contributed by atoms with Gasteiger partial charge >= 0.3 is 5.69 Å². The maximum atomic E-state index is 11.4. The molecule has 6 heteroatoms. The van der Waals surface area contributed by atoms with E-state index in [4.69, 9.17) is 5.73 Å². The third kappa shape index (κ3) is 2.67. The van der Waals surface area contributed by atoms with Gasteiger partial charge in [0.2, 0.25) is 5.91 Å². The Morgan fingerprint density at radius 3 is 2.61 bits per heavy atom. The number of nitrogens with zero attached hydrogens (tertiary/aromatic N) is 1. The molecule has 1 amide bonds. The van der Waals surface area contributed by atoms with Crippen molar-refractivity contribution in [2.45, 2.75) is 6.42 Å². The first-order valence-corrected chi connectivity index (χ1v) is 5.57. The molecule has 6 nitrogen and oxygen atoms in total. The molecule has 2 aromatic rings. The Morgan fingerprint density at radius 2 is 2.06 bits per heavy atom. The van der Waals surface area contributed by atoms with E-state index in [0.29, 0.717) is 18.7 Å². The van der Waals surface area contributed by atoms with Gasteiger partial charge in [0.05, 0.1) is 5.69 Å². The van der Waals surface area contributed by atoms with E-state index in [2.05, 4.69) is 10.3 Å². The molecular weight excluding hydrogens is 232 g/mol. The molecule has 1 heterocycles. The predicted octanol–water partition coefficient (Wildman–Crippen LogP) is 0.453. The lowest BCUT2D eigenvalue weighted by atomic mass is 10.2. The second-order valence-electron chi connectivity index (χ2n) is 3.77. The number of imidazole rings is 1. The topological polar surface area (TPSA) is 92.9 Å². The molecular formula is C12H14N4O2. The van der Waals surface area contributed by atoms with Crippen LogP contribution in [0.4, 0.5) is 5.69 Å². The molecule has 0 unspecified atom stereocenters. The van der Waals surface area contributed by atoms with Gasteiger partial charge in [-0.2, -0.15) is 0 Å². The molecule has 0 atom stereocenters. The van der Waals surface area contributed by atoms with Crippen molar-refractivity contribution in [1.82, 2.24) is 9.55 Å². The number of anilines is 1. The third-order valence-corrected chi connectivity index (χ3v) is 2.45. The minimum absolute atomic E-state index is 0.121. The maximum Gasteiger partial charge on any atom is 0.330 e. The highest BCUT2D eigenvalue weighted by Gasteiger charge is 2.02. The molecule has 1 aromatic heterocycles. The van der Waals surface area contributed by atoms with Gasteiger partial charge in [0.25, 0.3) is 0 Å². The van der Waals surface area contributed by atoms with Crippen molar-refractivity contribution in [2.75, 3.05) is 11.9 Å². The van der Waals surface area contributed by atoms with Crippen molar-refractivity contribution < 1.29 is 4.79 Å². The molecule has 0 aliphatic rings. The molecule has 0 radical (unpaired) electrons. The predicted molar refractivity (Wildman–Crippen MR) is 68.7 cm³/mol. The fourth-order valence-electron chi connectivity index (χ4n) is 1.58. The van der Waals surface area contributed by atoms with Crippen LogP contribution in [0.15, 0.2) is 41.5 Å². The van der Waals surface area contributed by atoms with Crippen LogP contribution in [0.1, 0.15) is 6.42 Å². The molecule has 0 fully saturated rings. The molecule has 4 N–H and O–H groups in total. The average molecular weight is 246 g/mol. The van der Waals surface area contributed by atoms with E-state index in [0.717, 1.165) is 5.69 Å². The van der Waals surface area contributed by atoms with Gasteiger partial charge in [-0.3, -0.25) is 9.36 Å². The zero-order valence-corrected chi connectivity index (χ0v) is 9.72. The smallest absolute Gasteiger partial charge is 0.330 e. The van der Waals surface area contributed by atoms with E-state index in [1.165, 1.54) is 4.57 Å². The van der Waals surface area contributed by atoms with Crippen molar-refractivity contribution in [3.05, 3.63) is 47.1 Å². The summed E-state index contributed by atoms with van der Waals surface area (Å²) >= 11 is 0. The minimum Gasteiger partial charge on any atom is -0.330 e. The van der Waals surface area contributed by atoms with Crippen LogP contribution in [0.25, 0.3) is 5.69 Å². The van der Waals surface area contributed by atoms with Crippen molar-refractivity contribution in [2.24, 2.45) is 5.73 Å². The molecule has 0 spiro atoms. The molecule has 0 saturated heterocycles. The van der Waals surface area contributed by atoms with Crippen LogP contribution in [0.3, 0.4) is 0 Å². The fourth-order valence-corrected chi connectivity index (χ4v) is 1.58. The molecule has 1 aromatic carbocycles. The summed E-state index contributed by atoms with van der Waals surface area (Å²) < 4.78 is 1.48. The summed E-state index contributed by atoms with van der Waals surface area (Å²) in [5.41, 5.74) is 6.50. The summed E-state index contributed by atoms with van der Waals surface area (Å²) in [7, 11) is 0. The van der Waals surface area contributed by atoms with E-state index in [-0.39, 0.29) is 11.6 Å². The average Bonchev–Trinajstić information content (AvgIpc) is 2.77. The van der Waals surface area contributed by atoms with Crippen LogP contribution in [-0.4, -0.2) is 22.0 Å². The van der Waals surface area contributed by atoms with Crippen molar-refractivity contribution >= 4 is 11.6 Å². The summed E-state index contributed by atoms with van der Waals surface area (Å²) in [5.74, 6) is -0.121. The summed E-state index contributed by atoms with van der Waals surface area (Å²) in [6.07, 6.45) is 3.50. The molecule has 0 aliphatic heterocycles. The SMILES string of the molecule is NCCC(=O)Nc1ccc(-n2cc[nH]c2=O)cc1. The molecule has 18 heavy (non-hydrogen) atoms. The van der Waals surface area contributed by atoms with Crippen molar-refractivity contribution in [1.29, 1.82) is 0 Å². The first kappa shape index (κ1) is 12.1. The summed E-state index contributed by atoms with van der Waals surface area (Å²) in [6.45, 7) is 0.322.